The molecule has 0 bridgehead atoms. The molecule has 96 valence electrons. The lowest BCUT2D eigenvalue weighted by Gasteiger charge is -2.48. The summed E-state index contributed by atoms with van der Waals surface area (Å²) in [6, 6.07) is 0.799. The van der Waals surface area contributed by atoms with E-state index < -0.39 is 0 Å². The topological polar surface area (TPSA) is 32.8 Å². The van der Waals surface area contributed by atoms with Gasteiger partial charge in [-0.15, -0.1) is 0 Å². The number of rotatable bonds is 2. The van der Waals surface area contributed by atoms with E-state index in [4.69, 9.17) is 4.74 Å². The molecule has 3 rings (SSSR count). The molecule has 0 radical (unpaired) electrons. The number of carbonyl (C=O) groups is 1. The van der Waals surface area contributed by atoms with Gasteiger partial charge in [0.2, 0.25) is 0 Å². The van der Waals surface area contributed by atoms with Crippen molar-refractivity contribution in [2.45, 2.75) is 38.6 Å². The highest BCUT2D eigenvalue weighted by molar-refractivity contribution is 5.69. The number of ether oxygens (including phenoxy) is 1. The molecule has 2 saturated heterocycles. The molecule has 1 saturated carbocycles. The number of hydrogen-bond acceptors (Lipinski definition) is 3. The minimum Gasteiger partial charge on any atom is -0.450 e. The Labute approximate surface area is 103 Å². The van der Waals surface area contributed by atoms with E-state index in [0.717, 1.165) is 19.1 Å². The smallest absolute Gasteiger partial charge is 0.409 e. The summed E-state index contributed by atoms with van der Waals surface area (Å²) in [7, 11) is 0. The molecule has 0 aromatic carbocycles. The van der Waals surface area contributed by atoms with Crippen molar-refractivity contribution in [2.24, 2.45) is 5.41 Å². The van der Waals surface area contributed by atoms with Gasteiger partial charge >= 0.3 is 6.09 Å². The van der Waals surface area contributed by atoms with E-state index in [1.165, 1.54) is 38.8 Å². The summed E-state index contributed by atoms with van der Waals surface area (Å²) in [6.45, 7) is 6.79. The number of likely N-dealkylation sites (tertiary alicyclic amines) is 2. The summed E-state index contributed by atoms with van der Waals surface area (Å²) >= 11 is 0. The molecule has 1 atom stereocenters. The first-order valence-electron chi connectivity index (χ1n) is 6.88. The largest absolute Gasteiger partial charge is 0.450 e. The van der Waals surface area contributed by atoms with Crippen molar-refractivity contribution >= 4 is 6.09 Å². The molecule has 2 aliphatic heterocycles. The van der Waals surface area contributed by atoms with Crippen LogP contribution >= 0.6 is 0 Å². The molecule has 17 heavy (non-hydrogen) atoms. The van der Waals surface area contributed by atoms with Gasteiger partial charge in [-0.3, -0.25) is 0 Å². The van der Waals surface area contributed by atoms with Gasteiger partial charge in [0.25, 0.3) is 0 Å². The zero-order chi connectivity index (χ0) is 11.9. The second-order valence-corrected chi connectivity index (χ2v) is 5.84. The molecular formula is C13H22N2O2. The maximum atomic E-state index is 11.5. The van der Waals surface area contributed by atoms with E-state index in [1.54, 1.807) is 0 Å². The average Bonchev–Trinajstić information content (AvgIpc) is 2.58. The summed E-state index contributed by atoms with van der Waals surface area (Å²) < 4.78 is 5.03. The molecule has 4 heteroatoms. The molecule has 0 aromatic rings. The fourth-order valence-corrected chi connectivity index (χ4v) is 3.59. The SMILES string of the molecule is CCOC(=O)N1CC2(CCC(N3CCC3)C2)C1. The van der Waals surface area contributed by atoms with Crippen molar-refractivity contribution in [1.82, 2.24) is 9.80 Å². The summed E-state index contributed by atoms with van der Waals surface area (Å²) in [4.78, 5) is 16.0. The Balaban J connectivity index is 1.49. The van der Waals surface area contributed by atoms with Gasteiger partial charge in [-0.05, 0) is 45.7 Å². The van der Waals surface area contributed by atoms with Gasteiger partial charge in [-0.1, -0.05) is 0 Å². The Kier molecular flexibility index (Phi) is 2.77. The number of amides is 1. The maximum Gasteiger partial charge on any atom is 0.409 e. The predicted octanol–water partition coefficient (Wildman–Crippen LogP) is 1.70. The van der Waals surface area contributed by atoms with Crippen LogP contribution in [0.25, 0.3) is 0 Å². The van der Waals surface area contributed by atoms with Crippen LogP contribution in [0.1, 0.15) is 32.6 Å². The highest BCUT2D eigenvalue weighted by atomic mass is 16.6. The second kappa shape index (κ2) is 4.16. The van der Waals surface area contributed by atoms with E-state index in [9.17, 15) is 4.79 Å². The number of hydrogen-bond donors (Lipinski definition) is 0. The Morgan fingerprint density at radius 2 is 2.18 bits per heavy atom. The predicted molar refractivity (Wildman–Crippen MR) is 64.9 cm³/mol. The van der Waals surface area contributed by atoms with Crippen LogP contribution in [0.3, 0.4) is 0 Å². The molecule has 3 aliphatic rings. The van der Waals surface area contributed by atoms with E-state index in [0.29, 0.717) is 12.0 Å². The van der Waals surface area contributed by atoms with Crippen molar-refractivity contribution in [1.29, 1.82) is 0 Å². The monoisotopic (exact) mass is 238 g/mol. The van der Waals surface area contributed by atoms with Crippen LogP contribution in [-0.2, 0) is 4.74 Å². The zero-order valence-corrected chi connectivity index (χ0v) is 10.7. The lowest BCUT2D eigenvalue weighted by molar-refractivity contribution is -0.00540. The third kappa shape index (κ3) is 1.92. The van der Waals surface area contributed by atoms with Crippen LogP contribution in [0.15, 0.2) is 0 Å². The lowest BCUT2D eigenvalue weighted by Crippen LogP contribution is -2.58. The van der Waals surface area contributed by atoms with Gasteiger partial charge < -0.3 is 14.5 Å². The molecule has 4 nitrogen and oxygen atoms in total. The fourth-order valence-electron chi connectivity index (χ4n) is 3.59. The third-order valence-electron chi connectivity index (χ3n) is 4.66. The first-order chi connectivity index (χ1) is 8.22. The van der Waals surface area contributed by atoms with Gasteiger partial charge in [-0.25, -0.2) is 4.79 Å². The summed E-state index contributed by atoms with van der Waals surface area (Å²) in [5.74, 6) is 0. The van der Waals surface area contributed by atoms with Gasteiger partial charge in [-0.2, -0.15) is 0 Å². The first kappa shape index (κ1) is 11.3. The van der Waals surface area contributed by atoms with Gasteiger partial charge in [0.15, 0.2) is 0 Å². The highest BCUT2D eigenvalue weighted by Gasteiger charge is 2.51. The normalized spacial score (nSPS) is 31.1. The fraction of sp³-hybridized carbons (Fsp3) is 0.923. The van der Waals surface area contributed by atoms with E-state index >= 15 is 0 Å². The summed E-state index contributed by atoms with van der Waals surface area (Å²) in [6.07, 6.45) is 5.17. The van der Waals surface area contributed by atoms with Crippen molar-refractivity contribution in [3.05, 3.63) is 0 Å². The van der Waals surface area contributed by atoms with E-state index in [-0.39, 0.29) is 6.09 Å². The first-order valence-corrected chi connectivity index (χ1v) is 6.88. The average molecular weight is 238 g/mol. The van der Waals surface area contributed by atoms with Crippen LogP contribution in [0.4, 0.5) is 4.79 Å². The van der Waals surface area contributed by atoms with Crippen LogP contribution < -0.4 is 0 Å². The molecule has 0 aromatic heterocycles. The van der Waals surface area contributed by atoms with Crippen LogP contribution in [0.2, 0.25) is 0 Å². The third-order valence-corrected chi connectivity index (χ3v) is 4.66. The Hall–Kier alpha value is -0.770. The van der Waals surface area contributed by atoms with Crippen molar-refractivity contribution in [3.63, 3.8) is 0 Å². The Morgan fingerprint density at radius 3 is 2.76 bits per heavy atom. The maximum absolute atomic E-state index is 11.5. The molecule has 1 aliphatic carbocycles. The summed E-state index contributed by atoms with van der Waals surface area (Å²) in [5.41, 5.74) is 0.438. The van der Waals surface area contributed by atoms with Gasteiger partial charge in [0, 0.05) is 24.5 Å². The van der Waals surface area contributed by atoms with Crippen LogP contribution in [-0.4, -0.2) is 54.7 Å². The molecule has 0 N–H and O–H groups in total. The highest BCUT2D eigenvalue weighted by Crippen LogP contribution is 2.47. The van der Waals surface area contributed by atoms with E-state index in [1.807, 2.05) is 11.8 Å². The molecule has 1 amide bonds. The Morgan fingerprint density at radius 1 is 1.41 bits per heavy atom. The lowest BCUT2D eigenvalue weighted by atomic mass is 9.78. The molecule has 1 unspecified atom stereocenters. The van der Waals surface area contributed by atoms with Gasteiger partial charge in [0.05, 0.1) is 6.61 Å². The van der Waals surface area contributed by atoms with Crippen LogP contribution in [0.5, 0.6) is 0 Å². The van der Waals surface area contributed by atoms with E-state index in [2.05, 4.69) is 4.90 Å². The Bertz CT molecular complexity index is 309. The number of carbonyl (C=O) groups excluding carboxylic acids is 1. The molecule has 2 heterocycles. The zero-order valence-electron chi connectivity index (χ0n) is 10.7. The minimum atomic E-state index is -0.120. The number of nitrogens with zero attached hydrogens (tertiary/aromatic N) is 2. The molecular weight excluding hydrogens is 216 g/mol. The quantitative estimate of drug-likeness (QED) is 0.734. The van der Waals surface area contributed by atoms with Crippen molar-refractivity contribution < 1.29 is 9.53 Å². The standard InChI is InChI=1S/C13H22N2O2/c1-2-17-12(16)15-9-13(10-15)5-4-11(8-13)14-6-3-7-14/h11H,2-10H2,1H3. The minimum absolute atomic E-state index is 0.120. The van der Waals surface area contributed by atoms with Crippen molar-refractivity contribution in [3.8, 4) is 0 Å². The van der Waals surface area contributed by atoms with Gasteiger partial charge in [0.1, 0.15) is 0 Å². The molecule has 1 spiro atoms. The second-order valence-electron chi connectivity index (χ2n) is 5.84. The molecule has 3 fully saturated rings. The summed E-state index contributed by atoms with van der Waals surface area (Å²) in [5, 5.41) is 0. The van der Waals surface area contributed by atoms with Crippen molar-refractivity contribution in [2.75, 3.05) is 32.8 Å². The van der Waals surface area contributed by atoms with Crippen LogP contribution in [0, 0.1) is 5.41 Å².